The molecule has 0 atom stereocenters. The summed E-state index contributed by atoms with van der Waals surface area (Å²) in [5.74, 6) is 0.296. The number of benzene rings is 1. The average molecular weight is 393 g/mol. The first-order chi connectivity index (χ1) is 12.8. The molecule has 1 aromatic carbocycles. The predicted molar refractivity (Wildman–Crippen MR) is 104 cm³/mol. The molecule has 9 nitrogen and oxygen atoms in total. The number of amides is 2. The smallest absolute Gasteiger partial charge is 0.319 e. The van der Waals surface area contributed by atoms with E-state index in [4.69, 9.17) is 10.5 Å². The van der Waals surface area contributed by atoms with E-state index in [1.165, 1.54) is 6.07 Å². The zero-order valence-electron chi connectivity index (χ0n) is 15.2. The highest BCUT2D eigenvalue weighted by Gasteiger charge is 2.11. The molecule has 146 valence electrons. The van der Waals surface area contributed by atoms with Crippen molar-refractivity contribution in [3.63, 3.8) is 0 Å². The lowest BCUT2D eigenvalue weighted by Gasteiger charge is -2.09. The van der Waals surface area contributed by atoms with E-state index in [9.17, 15) is 13.2 Å². The van der Waals surface area contributed by atoms with Gasteiger partial charge in [0.15, 0.2) is 15.7 Å². The Hall–Kier alpha value is -2.72. The number of hydrogen-bond donors (Lipinski definition) is 3. The van der Waals surface area contributed by atoms with Crippen molar-refractivity contribution >= 4 is 27.4 Å². The van der Waals surface area contributed by atoms with Crippen LogP contribution >= 0.6 is 0 Å². The molecule has 0 bridgehead atoms. The van der Waals surface area contributed by atoms with Gasteiger partial charge < -0.3 is 21.1 Å². The number of urea groups is 1. The van der Waals surface area contributed by atoms with E-state index in [1.807, 2.05) is 6.92 Å². The molecule has 1 aromatic heterocycles. The SMILES string of the molecule is CCOCCNC(=O)Nc1ccc(-c2nc(N)cc(CS(C)(=O)=O)n2)cc1. The van der Waals surface area contributed by atoms with E-state index in [2.05, 4.69) is 20.6 Å². The number of nitrogens with one attached hydrogen (secondary N) is 2. The first-order valence-electron chi connectivity index (χ1n) is 8.31. The van der Waals surface area contributed by atoms with Crippen LogP contribution in [0.2, 0.25) is 0 Å². The number of hydrogen-bond acceptors (Lipinski definition) is 7. The van der Waals surface area contributed by atoms with Gasteiger partial charge in [-0.2, -0.15) is 0 Å². The van der Waals surface area contributed by atoms with Gasteiger partial charge in [-0.25, -0.2) is 23.2 Å². The number of aromatic nitrogens is 2. The Morgan fingerprint density at radius 1 is 1.22 bits per heavy atom. The summed E-state index contributed by atoms with van der Waals surface area (Å²) in [6.45, 7) is 3.35. The molecule has 0 radical (unpaired) electrons. The first kappa shape index (κ1) is 20.6. The van der Waals surface area contributed by atoms with Crippen LogP contribution in [0, 0.1) is 0 Å². The molecule has 2 aromatic rings. The summed E-state index contributed by atoms with van der Waals surface area (Å²) in [7, 11) is -3.23. The van der Waals surface area contributed by atoms with Gasteiger partial charge in [0, 0.05) is 36.7 Å². The summed E-state index contributed by atoms with van der Waals surface area (Å²) >= 11 is 0. The Bertz CT molecular complexity index is 885. The maximum atomic E-state index is 11.8. The van der Waals surface area contributed by atoms with Gasteiger partial charge in [0.05, 0.1) is 18.1 Å². The number of nitrogens with two attached hydrogens (primary N) is 1. The van der Waals surface area contributed by atoms with Gasteiger partial charge in [0.1, 0.15) is 5.82 Å². The number of carbonyl (C=O) groups is 1. The van der Waals surface area contributed by atoms with Crippen molar-refractivity contribution in [3.05, 3.63) is 36.0 Å². The zero-order valence-corrected chi connectivity index (χ0v) is 16.0. The minimum atomic E-state index is -3.23. The third-order valence-corrected chi connectivity index (χ3v) is 4.17. The van der Waals surface area contributed by atoms with E-state index in [-0.39, 0.29) is 17.6 Å². The number of anilines is 2. The molecule has 0 aliphatic heterocycles. The Labute approximate surface area is 158 Å². The molecule has 0 unspecified atom stereocenters. The summed E-state index contributed by atoms with van der Waals surface area (Å²) in [5, 5.41) is 5.38. The third-order valence-electron chi connectivity index (χ3n) is 3.35. The Kier molecular flexibility index (Phi) is 7.08. The molecule has 0 saturated carbocycles. The topological polar surface area (TPSA) is 136 Å². The number of nitrogen functional groups attached to an aromatic ring is 1. The summed E-state index contributed by atoms with van der Waals surface area (Å²) < 4.78 is 28.1. The lowest BCUT2D eigenvalue weighted by atomic mass is 10.2. The fraction of sp³-hybridized carbons (Fsp3) is 0.353. The average Bonchev–Trinajstić information content (AvgIpc) is 2.57. The molecule has 2 rings (SSSR count). The van der Waals surface area contributed by atoms with E-state index in [0.717, 1.165) is 6.26 Å². The molecular formula is C17H23N5O4S. The van der Waals surface area contributed by atoms with E-state index in [1.54, 1.807) is 24.3 Å². The highest BCUT2D eigenvalue weighted by atomic mass is 32.2. The number of sulfone groups is 1. The van der Waals surface area contributed by atoms with Gasteiger partial charge in [0.25, 0.3) is 0 Å². The minimum absolute atomic E-state index is 0.189. The number of rotatable bonds is 8. The van der Waals surface area contributed by atoms with E-state index < -0.39 is 9.84 Å². The summed E-state index contributed by atoms with van der Waals surface area (Å²) in [4.78, 5) is 20.2. The maximum absolute atomic E-state index is 11.8. The monoisotopic (exact) mass is 393 g/mol. The van der Waals surface area contributed by atoms with Gasteiger partial charge >= 0.3 is 6.03 Å². The highest BCUT2D eigenvalue weighted by molar-refractivity contribution is 7.89. The number of carbonyl (C=O) groups excluding carboxylic acids is 1. The van der Waals surface area contributed by atoms with E-state index in [0.29, 0.717) is 42.5 Å². The fourth-order valence-corrected chi connectivity index (χ4v) is 2.93. The van der Waals surface area contributed by atoms with Crippen LogP contribution in [0.4, 0.5) is 16.3 Å². The summed E-state index contributed by atoms with van der Waals surface area (Å²) in [5.41, 5.74) is 7.33. The van der Waals surface area contributed by atoms with Crippen molar-refractivity contribution < 1.29 is 17.9 Å². The van der Waals surface area contributed by atoms with E-state index >= 15 is 0 Å². The zero-order chi connectivity index (χ0) is 19.9. The quantitative estimate of drug-likeness (QED) is 0.577. The Morgan fingerprint density at radius 2 is 1.93 bits per heavy atom. The van der Waals surface area contributed by atoms with Crippen molar-refractivity contribution in [1.82, 2.24) is 15.3 Å². The molecule has 4 N–H and O–H groups in total. The minimum Gasteiger partial charge on any atom is -0.384 e. The first-order valence-corrected chi connectivity index (χ1v) is 10.4. The molecule has 27 heavy (non-hydrogen) atoms. The molecule has 10 heteroatoms. The summed E-state index contributed by atoms with van der Waals surface area (Å²) in [6, 6.07) is 7.93. The van der Waals surface area contributed by atoms with Crippen LogP contribution in [0.3, 0.4) is 0 Å². The van der Waals surface area contributed by atoms with Crippen LogP contribution in [-0.2, 0) is 20.3 Å². The molecule has 0 aliphatic rings. The number of ether oxygens (including phenoxy) is 1. The fourth-order valence-electron chi connectivity index (χ4n) is 2.25. The van der Waals surface area contributed by atoms with Crippen molar-refractivity contribution in [2.45, 2.75) is 12.7 Å². The van der Waals surface area contributed by atoms with Crippen LogP contribution in [0.1, 0.15) is 12.6 Å². The highest BCUT2D eigenvalue weighted by Crippen LogP contribution is 2.20. The maximum Gasteiger partial charge on any atom is 0.319 e. The summed E-state index contributed by atoms with van der Waals surface area (Å²) in [6.07, 6.45) is 1.13. The van der Waals surface area contributed by atoms with Gasteiger partial charge in [-0.15, -0.1) is 0 Å². The van der Waals surface area contributed by atoms with Crippen LogP contribution in [0.15, 0.2) is 30.3 Å². The van der Waals surface area contributed by atoms with Crippen LogP contribution in [0.5, 0.6) is 0 Å². The molecular weight excluding hydrogens is 370 g/mol. The molecule has 0 saturated heterocycles. The lowest BCUT2D eigenvalue weighted by molar-refractivity contribution is 0.150. The lowest BCUT2D eigenvalue weighted by Crippen LogP contribution is -2.31. The van der Waals surface area contributed by atoms with Crippen molar-refractivity contribution in [2.24, 2.45) is 0 Å². The van der Waals surface area contributed by atoms with Crippen LogP contribution in [-0.4, -0.2) is 50.4 Å². The van der Waals surface area contributed by atoms with Gasteiger partial charge in [-0.3, -0.25) is 0 Å². The van der Waals surface area contributed by atoms with Gasteiger partial charge in [-0.1, -0.05) is 0 Å². The molecule has 0 fully saturated rings. The largest absolute Gasteiger partial charge is 0.384 e. The van der Waals surface area contributed by atoms with Crippen molar-refractivity contribution in [2.75, 3.05) is 37.1 Å². The van der Waals surface area contributed by atoms with Crippen LogP contribution < -0.4 is 16.4 Å². The second kappa shape index (κ2) is 9.28. The molecule has 2 amide bonds. The van der Waals surface area contributed by atoms with Crippen LogP contribution in [0.25, 0.3) is 11.4 Å². The Morgan fingerprint density at radius 3 is 2.56 bits per heavy atom. The molecule has 0 aliphatic carbocycles. The predicted octanol–water partition coefficient (Wildman–Crippen LogP) is 1.43. The standard InChI is InChI=1S/C17H23N5O4S/c1-3-26-9-8-19-17(23)21-13-6-4-12(5-7-13)16-20-14(10-15(18)22-16)11-27(2,24)25/h4-7,10H,3,8-9,11H2,1-2H3,(H2,18,20,22)(H2,19,21,23). The molecule has 1 heterocycles. The van der Waals surface area contributed by atoms with Gasteiger partial charge in [-0.05, 0) is 31.2 Å². The second-order valence-corrected chi connectivity index (χ2v) is 7.97. The Balaban J connectivity index is 2.05. The normalized spacial score (nSPS) is 11.2. The number of nitrogens with zero attached hydrogens (tertiary/aromatic N) is 2. The third kappa shape index (κ3) is 7.19. The van der Waals surface area contributed by atoms with Gasteiger partial charge in [0.2, 0.25) is 0 Å². The second-order valence-electron chi connectivity index (χ2n) is 5.83. The van der Waals surface area contributed by atoms with Crippen molar-refractivity contribution in [1.29, 1.82) is 0 Å². The molecule has 0 spiro atoms. The van der Waals surface area contributed by atoms with Crippen molar-refractivity contribution in [3.8, 4) is 11.4 Å².